The van der Waals surface area contributed by atoms with Gasteiger partial charge in [0, 0.05) is 12.7 Å². The Kier molecular flexibility index (Phi) is 5.90. The molecular formula is C16H19FO4. The molecule has 1 aromatic carbocycles. The van der Waals surface area contributed by atoms with Gasteiger partial charge in [-0.15, -0.1) is 0 Å². The maximum Gasteiger partial charge on any atom is 0.328 e. The average Bonchev–Trinajstić information content (AvgIpc) is 2.46. The van der Waals surface area contributed by atoms with Crippen molar-refractivity contribution in [1.82, 2.24) is 0 Å². The van der Waals surface area contributed by atoms with Crippen LogP contribution in [-0.2, 0) is 20.9 Å². The molecule has 1 N–H and O–H groups in total. The van der Waals surface area contributed by atoms with E-state index >= 15 is 0 Å². The summed E-state index contributed by atoms with van der Waals surface area (Å²) in [6.45, 7) is 1.56. The fraction of sp³-hybridized carbons (Fsp3) is 0.438. The molecule has 1 saturated heterocycles. The van der Waals surface area contributed by atoms with Crippen molar-refractivity contribution in [3.05, 3.63) is 41.2 Å². The number of benzene rings is 1. The van der Waals surface area contributed by atoms with Gasteiger partial charge < -0.3 is 14.6 Å². The van der Waals surface area contributed by atoms with E-state index in [1.165, 1.54) is 18.2 Å². The van der Waals surface area contributed by atoms with Crippen LogP contribution in [0.3, 0.4) is 0 Å². The Morgan fingerprint density at radius 1 is 1.43 bits per heavy atom. The summed E-state index contributed by atoms with van der Waals surface area (Å²) in [4.78, 5) is 10.5. The lowest BCUT2D eigenvalue weighted by Crippen LogP contribution is -2.24. The van der Waals surface area contributed by atoms with Gasteiger partial charge in [0.15, 0.2) is 0 Å². The Morgan fingerprint density at radius 3 is 3.00 bits per heavy atom. The van der Waals surface area contributed by atoms with E-state index in [0.717, 1.165) is 31.9 Å². The molecule has 1 fully saturated rings. The molecule has 0 aromatic heterocycles. The number of ether oxygens (including phenoxy) is 2. The Hall–Kier alpha value is -1.72. The van der Waals surface area contributed by atoms with Crippen LogP contribution in [0.4, 0.5) is 4.39 Å². The van der Waals surface area contributed by atoms with E-state index in [0.29, 0.717) is 17.7 Å². The van der Waals surface area contributed by atoms with Gasteiger partial charge in [-0.25, -0.2) is 9.18 Å². The lowest BCUT2D eigenvalue weighted by atomic mass is 10.1. The van der Waals surface area contributed by atoms with Gasteiger partial charge in [-0.05, 0) is 54.7 Å². The van der Waals surface area contributed by atoms with Gasteiger partial charge in [0.05, 0.1) is 19.3 Å². The largest absolute Gasteiger partial charge is 0.478 e. The molecule has 0 bridgehead atoms. The second-order valence-electron chi connectivity index (χ2n) is 5.07. The molecule has 0 aliphatic carbocycles. The third-order valence-corrected chi connectivity index (χ3v) is 3.24. The summed E-state index contributed by atoms with van der Waals surface area (Å²) >= 11 is 0. The van der Waals surface area contributed by atoms with Crippen LogP contribution >= 0.6 is 0 Å². The molecule has 1 heterocycles. The van der Waals surface area contributed by atoms with E-state index in [1.807, 2.05) is 0 Å². The summed E-state index contributed by atoms with van der Waals surface area (Å²) in [5.74, 6) is -1.47. The Balaban J connectivity index is 1.88. The minimum absolute atomic E-state index is 0.124. The first-order valence-electron chi connectivity index (χ1n) is 7.03. The Bertz CT molecular complexity index is 507. The number of halogens is 1. The molecule has 21 heavy (non-hydrogen) atoms. The van der Waals surface area contributed by atoms with Crippen LogP contribution in [0, 0.1) is 5.82 Å². The Morgan fingerprint density at radius 2 is 2.29 bits per heavy atom. The smallest absolute Gasteiger partial charge is 0.328 e. The van der Waals surface area contributed by atoms with Crippen molar-refractivity contribution in [3.63, 3.8) is 0 Å². The molecule has 1 aliphatic rings. The highest BCUT2D eigenvalue weighted by Gasteiger charge is 2.13. The zero-order valence-electron chi connectivity index (χ0n) is 11.8. The van der Waals surface area contributed by atoms with Crippen LogP contribution in [0.25, 0.3) is 6.08 Å². The number of rotatable bonds is 6. The maximum absolute atomic E-state index is 13.5. The molecule has 4 nitrogen and oxygen atoms in total. The van der Waals surface area contributed by atoms with E-state index in [1.54, 1.807) is 6.07 Å². The molecule has 1 unspecified atom stereocenters. The van der Waals surface area contributed by atoms with Gasteiger partial charge in [0.1, 0.15) is 5.82 Å². The number of carboxylic acid groups (broad SMARTS) is 1. The second kappa shape index (κ2) is 7.90. The van der Waals surface area contributed by atoms with Gasteiger partial charge in [-0.2, -0.15) is 0 Å². The molecule has 114 valence electrons. The molecule has 1 aliphatic heterocycles. The molecule has 0 amide bonds. The third-order valence-electron chi connectivity index (χ3n) is 3.24. The van der Waals surface area contributed by atoms with Gasteiger partial charge in [-0.1, -0.05) is 0 Å². The van der Waals surface area contributed by atoms with Gasteiger partial charge >= 0.3 is 5.97 Å². The first-order valence-corrected chi connectivity index (χ1v) is 7.03. The first kappa shape index (κ1) is 15.7. The van der Waals surface area contributed by atoms with Crippen molar-refractivity contribution in [2.45, 2.75) is 32.0 Å². The second-order valence-corrected chi connectivity index (χ2v) is 5.07. The number of hydrogen-bond donors (Lipinski definition) is 1. The lowest BCUT2D eigenvalue weighted by molar-refractivity contribution is -0.131. The maximum atomic E-state index is 13.5. The average molecular weight is 294 g/mol. The normalized spacial score (nSPS) is 19.0. The summed E-state index contributed by atoms with van der Waals surface area (Å²) in [6.07, 6.45) is 5.71. The van der Waals surface area contributed by atoms with Crippen molar-refractivity contribution in [1.29, 1.82) is 0 Å². The van der Waals surface area contributed by atoms with E-state index < -0.39 is 11.8 Å². The molecule has 0 spiro atoms. The topological polar surface area (TPSA) is 55.8 Å². The van der Waals surface area contributed by atoms with Crippen molar-refractivity contribution >= 4 is 12.0 Å². The highest BCUT2D eigenvalue weighted by atomic mass is 19.1. The lowest BCUT2D eigenvalue weighted by Gasteiger charge is -2.22. The quantitative estimate of drug-likeness (QED) is 0.819. The highest BCUT2D eigenvalue weighted by Crippen LogP contribution is 2.15. The molecular weight excluding hydrogens is 275 g/mol. The number of hydrogen-bond acceptors (Lipinski definition) is 3. The zero-order chi connectivity index (χ0) is 15.1. The van der Waals surface area contributed by atoms with E-state index in [2.05, 4.69) is 0 Å². The van der Waals surface area contributed by atoms with Crippen molar-refractivity contribution in [2.75, 3.05) is 13.2 Å². The zero-order valence-corrected chi connectivity index (χ0v) is 11.8. The van der Waals surface area contributed by atoms with Crippen molar-refractivity contribution in [3.8, 4) is 0 Å². The molecule has 1 atom stereocenters. The minimum Gasteiger partial charge on any atom is -0.478 e. The fourth-order valence-corrected chi connectivity index (χ4v) is 2.27. The van der Waals surface area contributed by atoms with Crippen LogP contribution in [0.5, 0.6) is 0 Å². The molecule has 2 rings (SSSR count). The van der Waals surface area contributed by atoms with Gasteiger partial charge in [-0.3, -0.25) is 0 Å². The molecule has 0 saturated carbocycles. The van der Waals surface area contributed by atoms with Gasteiger partial charge in [0.2, 0.25) is 0 Å². The van der Waals surface area contributed by atoms with E-state index in [4.69, 9.17) is 14.6 Å². The van der Waals surface area contributed by atoms with E-state index in [-0.39, 0.29) is 12.7 Å². The van der Waals surface area contributed by atoms with Crippen LogP contribution in [-0.4, -0.2) is 30.4 Å². The standard InChI is InChI=1S/C16H19FO4/c17-14-8-12(4-5-16(18)19)7-13(9-14)10-20-11-15-3-1-2-6-21-15/h4-5,7-9,15H,1-3,6,10-11H2,(H,18,19). The third kappa shape index (κ3) is 5.65. The van der Waals surface area contributed by atoms with Crippen molar-refractivity contribution < 1.29 is 23.8 Å². The predicted octanol–water partition coefficient (Wildman–Crippen LogP) is 3.01. The Labute approximate surface area is 123 Å². The van der Waals surface area contributed by atoms with E-state index in [9.17, 15) is 9.18 Å². The summed E-state index contributed by atoms with van der Waals surface area (Å²) < 4.78 is 24.6. The number of aliphatic carboxylic acids is 1. The summed E-state index contributed by atoms with van der Waals surface area (Å²) in [7, 11) is 0. The van der Waals surface area contributed by atoms with Crippen molar-refractivity contribution in [2.24, 2.45) is 0 Å². The van der Waals surface area contributed by atoms with Crippen LogP contribution < -0.4 is 0 Å². The monoisotopic (exact) mass is 294 g/mol. The SMILES string of the molecule is O=C(O)C=Cc1cc(F)cc(COCC2CCCCO2)c1. The highest BCUT2D eigenvalue weighted by molar-refractivity contribution is 5.85. The predicted molar refractivity (Wildman–Crippen MR) is 76.3 cm³/mol. The summed E-state index contributed by atoms with van der Waals surface area (Å²) in [6, 6.07) is 4.39. The summed E-state index contributed by atoms with van der Waals surface area (Å²) in [5.41, 5.74) is 1.18. The number of carboxylic acids is 1. The molecule has 1 aromatic rings. The van der Waals surface area contributed by atoms with Crippen LogP contribution in [0.15, 0.2) is 24.3 Å². The summed E-state index contributed by atoms with van der Waals surface area (Å²) in [5, 5.41) is 8.58. The number of carbonyl (C=O) groups is 1. The minimum atomic E-state index is -1.06. The first-order chi connectivity index (χ1) is 10.1. The molecule has 0 radical (unpaired) electrons. The van der Waals surface area contributed by atoms with Crippen LogP contribution in [0.1, 0.15) is 30.4 Å². The van der Waals surface area contributed by atoms with Crippen LogP contribution in [0.2, 0.25) is 0 Å². The van der Waals surface area contributed by atoms with Gasteiger partial charge in [0.25, 0.3) is 0 Å². The fourth-order valence-electron chi connectivity index (χ4n) is 2.27. The molecule has 5 heteroatoms.